The first-order valence-corrected chi connectivity index (χ1v) is 8.94. The van der Waals surface area contributed by atoms with Gasteiger partial charge in [-0.05, 0) is 23.8 Å². The molecule has 0 radical (unpaired) electrons. The van der Waals surface area contributed by atoms with Crippen LogP contribution in [0, 0.1) is 0 Å². The third-order valence-electron chi connectivity index (χ3n) is 4.04. The van der Waals surface area contributed by atoms with Crippen molar-refractivity contribution in [2.75, 3.05) is 20.8 Å². The van der Waals surface area contributed by atoms with Gasteiger partial charge in [0.2, 0.25) is 5.78 Å². The maximum absolute atomic E-state index is 12.4. The number of carbonyl (C=O) groups excluding carboxylic acids is 3. The fourth-order valence-corrected chi connectivity index (χ4v) is 2.91. The quantitative estimate of drug-likeness (QED) is 0.476. The lowest BCUT2D eigenvalue weighted by molar-refractivity contribution is -0.143. The second-order valence-corrected chi connectivity index (χ2v) is 6.34. The van der Waals surface area contributed by atoms with Crippen LogP contribution in [0.2, 0.25) is 5.02 Å². The van der Waals surface area contributed by atoms with Crippen molar-refractivity contribution in [3.05, 3.63) is 58.6 Å². The molecule has 0 fully saturated rings. The van der Waals surface area contributed by atoms with Gasteiger partial charge in [-0.25, -0.2) is 4.79 Å². The Labute approximate surface area is 172 Å². The third kappa shape index (κ3) is 6.11. The van der Waals surface area contributed by atoms with Crippen molar-refractivity contribution in [2.24, 2.45) is 5.73 Å². The predicted octanol–water partition coefficient (Wildman–Crippen LogP) is 2.88. The maximum atomic E-state index is 12.4. The Morgan fingerprint density at radius 1 is 1.10 bits per heavy atom. The number of rotatable bonds is 9. The number of primary amides is 1. The molecule has 0 spiro atoms. The number of ketones is 1. The van der Waals surface area contributed by atoms with Crippen LogP contribution in [0.25, 0.3) is 0 Å². The van der Waals surface area contributed by atoms with Gasteiger partial charge in [0.25, 0.3) is 0 Å². The van der Waals surface area contributed by atoms with Gasteiger partial charge in [0.15, 0.2) is 6.61 Å². The lowest BCUT2D eigenvalue weighted by Gasteiger charge is -2.18. The number of hydrogen-bond donors (Lipinski definition) is 2. The number of nitrogens with one attached hydrogen (secondary N) is 1. The van der Waals surface area contributed by atoms with E-state index < -0.39 is 30.4 Å². The molecule has 0 saturated heterocycles. The SMILES string of the molecule is COc1ccc(C(=O)COC(=O)C[C@@H](NC(N)=O)c2ccccc2Cl)c(OC)c1. The van der Waals surface area contributed by atoms with Crippen LogP contribution >= 0.6 is 11.6 Å². The number of esters is 1. The normalized spacial score (nSPS) is 11.3. The molecular weight excluding hydrogens is 400 g/mol. The van der Waals surface area contributed by atoms with E-state index in [0.29, 0.717) is 22.1 Å². The highest BCUT2D eigenvalue weighted by Crippen LogP contribution is 2.26. The van der Waals surface area contributed by atoms with Gasteiger partial charge in [0, 0.05) is 11.1 Å². The summed E-state index contributed by atoms with van der Waals surface area (Å²) in [5.74, 6) is -0.329. The van der Waals surface area contributed by atoms with E-state index >= 15 is 0 Å². The summed E-state index contributed by atoms with van der Waals surface area (Å²) in [7, 11) is 2.91. The van der Waals surface area contributed by atoms with E-state index in [1.807, 2.05) is 0 Å². The number of hydrogen-bond acceptors (Lipinski definition) is 6. The van der Waals surface area contributed by atoms with Crippen LogP contribution in [0.3, 0.4) is 0 Å². The third-order valence-corrected chi connectivity index (χ3v) is 4.39. The minimum Gasteiger partial charge on any atom is -0.497 e. The zero-order valence-corrected chi connectivity index (χ0v) is 16.7. The zero-order valence-electron chi connectivity index (χ0n) is 15.9. The molecule has 29 heavy (non-hydrogen) atoms. The largest absolute Gasteiger partial charge is 0.497 e. The molecule has 154 valence electrons. The van der Waals surface area contributed by atoms with E-state index in [1.54, 1.807) is 36.4 Å². The summed E-state index contributed by atoms with van der Waals surface area (Å²) in [6.45, 7) is -0.493. The first-order chi connectivity index (χ1) is 13.8. The highest BCUT2D eigenvalue weighted by Gasteiger charge is 2.22. The second kappa shape index (κ2) is 10.3. The molecule has 0 aromatic heterocycles. The molecule has 9 heteroatoms. The number of carbonyl (C=O) groups is 3. The fraction of sp³-hybridized carbons (Fsp3) is 0.250. The Kier molecular flexibility index (Phi) is 7.85. The highest BCUT2D eigenvalue weighted by atomic mass is 35.5. The number of benzene rings is 2. The van der Waals surface area contributed by atoms with Gasteiger partial charge >= 0.3 is 12.0 Å². The molecule has 2 aromatic rings. The Morgan fingerprint density at radius 2 is 1.83 bits per heavy atom. The molecule has 0 saturated carbocycles. The van der Waals surface area contributed by atoms with E-state index in [2.05, 4.69) is 5.32 Å². The average molecular weight is 421 g/mol. The maximum Gasteiger partial charge on any atom is 0.312 e. The molecule has 0 heterocycles. The van der Waals surface area contributed by atoms with Crippen LogP contribution in [-0.4, -0.2) is 38.6 Å². The van der Waals surface area contributed by atoms with Gasteiger partial charge in [-0.1, -0.05) is 29.8 Å². The number of urea groups is 1. The first-order valence-electron chi connectivity index (χ1n) is 8.57. The van der Waals surface area contributed by atoms with Gasteiger partial charge in [0.1, 0.15) is 11.5 Å². The topological polar surface area (TPSA) is 117 Å². The summed E-state index contributed by atoms with van der Waals surface area (Å²) in [5.41, 5.74) is 5.94. The first kappa shape index (κ1) is 22.0. The van der Waals surface area contributed by atoms with Crippen molar-refractivity contribution in [3.8, 4) is 11.5 Å². The fourth-order valence-electron chi connectivity index (χ4n) is 2.65. The van der Waals surface area contributed by atoms with E-state index in [-0.39, 0.29) is 12.0 Å². The number of nitrogens with two attached hydrogens (primary N) is 1. The van der Waals surface area contributed by atoms with Crippen molar-refractivity contribution in [1.82, 2.24) is 5.32 Å². The van der Waals surface area contributed by atoms with Gasteiger partial charge in [-0.2, -0.15) is 0 Å². The minimum atomic E-state index is -0.818. The number of Topliss-reactive ketones (excluding diaryl/α,β-unsaturated/α-hetero) is 1. The molecule has 0 aliphatic heterocycles. The molecule has 0 aliphatic carbocycles. The van der Waals surface area contributed by atoms with Crippen molar-refractivity contribution in [1.29, 1.82) is 0 Å². The summed E-state index contributed by atoms with van der Waals surface area (Å²) in [6.07, 6.45) is -0.250. The molecule has 3 N–H and O–H groups in total. The molecule has 0 unspecified atom stereocenters. The zero-order chi connectivity index (χ0) is 21.4. The average Bonchev–Trinajstić information content (AvgIpc) is 2.71. The van der Waals surface area contributed by atoms with E-state index in [0.717, 1.165) is 0 Å². The Balaban J connectivity index is 2.04. The highest BCUT2D eigenvalue weighted by molar-refractivity contribution is 6.31. The van der Waals surface area contributed by atoms with Crippen LogP contribution in [-0.2, 0) is 9.53 Å². The summed E-state index contributed by atoms with van der Waals surface area (Å²) in [4.78, 5) is 35.9. The lowest BCUT2D eigenvalue weighted by atomic mass is 10.0. The number of ether oxygens (including phenoxy) is 3. The van der Waals surface area contributed by atoms with Crippen LogP contribution in [0.1, 0.15) is 28.4 Å². The minimum absolute atomic E-state index is 0.249. The Hall–Kier alpha value is -3.26. The molecule has 1 atom stereocenters. The van der Waals surface area contributed by atoms with Gasteiger partial charge in [-0.15, -0.1) is 0 Å². The Morgan fingerprint density at radius 3 is 2.45 bits per heavy atom. The van der Waals surface area contributed by atoms with Crippen LogP contribution < -0.4 is 20.5 Å². The van der Waals surface area contributed by atoms with E-state index in [1.165, 1.54) is 20.3 Å². The summed E-state index contributed by atoms with van der Waals surface area (Å²) in [5, 5.41) is 2.81. The standard InChI is InChI=1S/C20H21ClN2O6/c1-27-12-7-8-14(18(9-12)28-2)17(24)11-29-19(25)10-16(23-20(22)26)13-5-3-4-6-15(13)21/h3-9,16H,10-11H2,1-2H3,(H3,22,23,26)/t16-/m1/s1. The van der Waals surface area contributed by atoms with Crippen LogP contribution in [0.15, 0.2) is 42.5 Å². The Bertz CT molecular complexity index is 902. The van der Waals surface area contributed by atoms with Crippen molar-refractivity contribution < 1.29 is 28.6 Å². The molecule has 2 aromatic carbocycles. The lowest BCUT2D eigenvalue weighted by Crippen LogP contribution is -2.35. The van der Waals surface area contributed by atoms with Crippen LogP contribution in [0.5, 0.6) is 11.5 Å². The number of halogens is 1. The molecule has 2 rings (SSSR count). The van der Waals surface area contributed by atoms with Crippen LogP contribution in [0.4, 0.5) is 4.79 Å². The van der Waals surface area contributed by atoms with Crippen molar-refractivity contribution >= 4 is 29.4 Å². The predicted molar refractivity (Wildman–Crippen MR) is 106 cm³/mol. The summed E-state index contributed by atoms with van der Waals surface area (Å²) < 4.78 is 15.3. The van der Waals surface area contributed by atoms with Gasteiger partial charge in [0.05, 0.1) is 32.2 Å². The second-order valence-electron chi connectivity index (χ2n) is 5.94. The molecule has 8 nitrogen and oxygen atoms in total. The summed E-state index contributed by atoms with van der Waals surface area (Å²) in [6, 6.07) is 9.77. The van der Waals surface area contributed by atoms with E-state index in [9.17, 15) is 14.4 Å². The smallest absolute Gasteiger partial charge is 0.312 e. The molecule has 0 aliphatic rings. The molecule has 0 bridgehead atoms. The van der Waals surface area contributed by atoms with Gasteiger partial charge < -0.3 is 25.3 Å². The number of methoxy groups -OCH3 is 2. The molecular formula is C20H21ClN2O6. The van der Waals surface area contributed by atoms with Crippen molar-refractivity contribution in [3.63, 3.8) is 0 Å². The van der Waals surface area contributed by atoms with Crippen molar-refractivity contribution in [2.45, 2.75) is 12.5 Å². The number of amides is 2. The molecule has 2 amide bonds. The summed E-state index contributed by atoms with van der Waals surface area (Å²) >= 11 is 6.13. The van der Waals surface area contributed by atoms with Gasteiger partial charge in [-0.3, -0.25) is 9.59 Å². The monoisotopic (exact) mass is 420 g/mol. The van der Waals surface area contributed by atoms with E-state index in [4.69, 9.17) is 31.5 Å².